The van der Waals surface area contributed by atoms with Gasteiger partial charge in [0.2, 0.25) is 0 Å². The van der Waals surface area contributed by atoms with Crippen molar-refractivity contribution >= 4 is 23.1 Å². The standard InChI is InChI=1S/C19H18ClNO/c1-19(2)12-15-14(9-6-10-16(15)20)17(21-19)11-18(22)13-7-4-3-5-8-13/h3-11,21H,12H2,1-2H3/b17-11-. The lowest BCUT2D eigenvalue weighted by atomic mass is 9.85. The smallest absolute Gasteiger partial charge is 0.187 e. The lowest BCUT2D eigenvalue weighted by Gasteiger charge is -2.36. The van der Waals surface area contributed by atoms with Crippen molar-refractivity contribution in [3.05, 3.63) is 76.3 Å². The average molecular weight is 312 g/mol. The van der Waals surface area contributed by atoms with Crippen LogP contribution in [-0.4, -0.2) is 11.3 Å². The van der Waals surface area contributed by atoms with Crippen molar-refractivity contribution in [2.24, 2.45) is 0 Å². The third kappa shape index (κ3) is 2.93. The van der Waals surface area contributed by atoms with Crippen molar-refractivity contribution in [3.63, 3.8) is 0 Å². The van der Waals surface area contributed by atoms with Gasteiger partial charge in [-0.2, -0.15) is 0 Å². The SMILES string of the molecule is CC1(C)Cc2c(Cl)cccc2/C(=C/C(=O)c2ccccc2)N1. The molecule has 0 atom stereocenters. The van der Waals surface area contributed by atoms with Crippen LogP contribution in [0.3, 0.4) is 0 Å². The monoisotopic (exact) mass is 311 g/mol. The van der Waals surface area contributed by atoms with E-state index in [1.165, 1.54) is 0 Å². The second-order valence-electron chi connectivity index (χ2n) is 6.24. The van der Waals surface area contributed by atoms with Crippen LogP contribution in [0, 0.1) is 0 Å². The predicted octanol–water partition coefficient (Wildman–Crippen LogP) is 4.49. The predicted molar refractivity (Wildman–Crippen MR) is 91.1 cm³/mol. The van der Waals surface area contributed by atoms with Crippen molar-refractivity contribution in [3.8, 4) is 0 Å². The number of ketones is 1. The van der Waals surface area contributed by atoms with Gasteiger partial charge in [0.1, 0.15) is 0 Å². The van der Waals surface area contributed by atoms with Crippen molar-refractivity contribution < 1.29 is 4.79 Å². The zero-order valence-electron chi connectivity index (χ0n) is 12.7. The Hall–Kier alpha value is -2.06. The molecule has 0 amide bonds. The highest BCUT2D eigenvalue weighted by molar-refractivity contribution is 6.31. The van der Waals surface area contributed by atoms with E-state index in [4.69, 9.17) is 11.6 Å². The first kappa shape index (κ1) is 14.9. The number of fused-ring (bicyclic) bond motifs is 1. The van der Waals surface area contributed by atoms with Crippen LogP contribution in [-0.2, 0) is 6.42 Å². The fourth-order valence-electron chi connectivity index (χ4n) is 2.84. The quantitative estimate of drug-likeness (QED) is 0.654. The lowest BCUT2D eigenvalue weighted by Crippen LogP contribution is -2.44. The van der Waals surface area contributed by atoms with Crippen molar-refractivity contribution in [2.75, 3.05) is 0 Å². The minimum atomic E-state index is -0.138. The largest absolute Gasteiger partial charge is 0.379 e. The Balaban J connectivity index is 2.06. The Morgan fingerprint density at radius 1 is 1.14 bits per heavy atom. The lowest BCUT2D eigenvalue weighted by molar-refractivity contribution is 0.104. The highest BCUT2D eigenvalue weighted by Crippen LogP contribution is 2.34. The molecule has 3 rings (SSSR count). The van der Waals surface area contributed by atoms with Gasteiger partial charge in [-0.15, -0.1) is 0 Å². The summed E-state index contributed by atoms with van der Waals surface area (Å²) in [6.45, 7) is 4.22. The fraction of sp³-hybridized carbons (Fsp3) is 0.211. The highest BCUT2D eigenvalue weighted by atomic mass is 35.5. The van der Waals surface area contributed by atoms with Crippen LogP contribution in [0.5, 0.6) is 0 Å². The molecule has 1 heterocycles. The van der Waals surface area contributed by atoms with Gasteiger partial charge in [0.15, 0.2) is 5.78 Å². The van der Waals surface area contributed by atoms with Gasteiger partial charge in [0.25, 0.3) is 0 Å². The van der Waals surface area contributed by atoms with E-state index in [2.05, 4.69) is 19.2 Å². The van der Waals surface area contributed by atoms with Crippen molar-refractivity contribution in [1.29, 1.82) is 0 Å². The van der Waals surface area contributed by atoms with Crippen LogP contribution < -0.4 is 5.32 Å². The van der Waals surface area contributed by atoms with Gasteiger partial charge in [0.05, 0.1) is 0 Å². The Morgan fingerprint density at radius 3 is 2.59 bits per heavy atom. The van der Waals surface area contributed by atoms with E-state index in [1.807, 2.05) is 48.5 Å². The number of halogens is 1. The molecule has 0 fully saturated rings. The van der Waals surface area contributed by atoms with E-state index in [-0.39, 0.29) is 11.3 Å². The first-order valence-corrected chi connectivity index (χ1v) is 7.71. The Labute approximate surface area is 135 Å². The first-order valence-electron chi connectivity index (χ1n) is 7.33. The van der Waals surface area contributed by atoms with Crippen molar-refractivity contribution in [2.45, 2.75) is 25.8 Å². The zero-order valence-corrected chi connectivity index (χ0v) is 13.4. The summed E-state index contributed by atoms with van der Waals surface area (Å²) in [5.74, 6) is -0.00766. The molecule has 0 bridgehead atoms. The summed E-state index contributed by atoms with van der Waals surface area (Å²) in [5, 5.41) is 4.21. The van der Waals surface area contributed by atoms with Gasteiger partial charge < -0.3 is 5.32 Å². The summed E-state index contributed by atoms with van der Waals surface area (Å²) in [6.07, 6.45) is 2.50. The number of hydrogen-bond donors (Lipinski definition) is 1. The third-order valence-corrected chi connectivity index (χ3v) is 4.19. The second kappa shape index (κ2) is 5.62. The Bertz CT molecular complexity index is 747. The maximum Gasteiger partial charge on any atom is 0.187 e. The van der Waals surface area contributed by atoms with Gasteiger partial charge >= 0.3 is 0 Å². The summed E-state index contributed by atoms with van der Waals surface area (Å²) in [6, 6.07) is 15.1. The van der Waals surface area contributed by atoms with Crippen LogP contribution in [0.1, 0.15) is 35.3 Å². The summed E-state index contributed by atoms with van der Waals surface area (Å²) in [7, 11) is 0. The highest BCUT2D eigenvalue weighted by Gasteiger charge is 2.29. The molecule has 1 aliphatic heterocycles. The third-order valence-electron chi connectivity index (χ3n) is 3.83. The normalized spacial score (nSPS) is 17.7. The fourth-order valence-corrected chi connectivity index (χ4v) is 3.08. The summed E-state index contributed by atoms with van der Waals surface area (Å²) < 4.78 is 0. The van der Waals surface area contributed by atoms with Gasteiger partial charge in [-0.3, -0.25) is 4.79 Å². The summed E-state index contributed by atoms with van der Waals surface area (Å²) in [5.41, 5.74) is 3.49. The molecule has 0 radical (unpaired) electrons. The van der Waals surface area contributed by atoms with E-state index < -0.39 is 0 Å². The molecule has 1 N–H and O–H groups in total. The van der Waals surface area contributed by atoms with E-state index in [1.54, 1.807) is 6.08 Å². The second-order valence-corrected chi connectivity index (χ2v) is 6.65. The molecule has 0 aliphatic carbocycles. The van der Waals surface area contributed by atoms with E-state index in [9.17, 15) is 4.79 Å². The van der Waals surface area contributed by atoms with Gasteiger partial charge in [-0.25, -0.2) is 0 Å². The molecule has 112 valence electrons. The van der Waals surface area contributed by atoms with Crippen LogP contribution in [0.25, 0.3) is 5.70 Å². The van der Waals surface area contributed by atoms with Crippen molar-refractivity contribution in [1.82, 2.24) is 5.32 Å². The molecule has 2 aromatic carbocycles. The minimum absolute atomic E-state index is 0.00766. The molecule has 0 spiro atoms. The molecule has 2 nitrogen and oxygen atoms in total. The molecule has 3 heteroatoms. The van der Waals surface area contributed by atoms with E-state index >= 15 is 0 Å². The zero-order chi connectivity index (χ0) is 15.7. The number of allylic oxidation sites excluding steroid dienone is 1. The molecule has 0 saturated carbocycles. The molecule has 0 aromatic heterocycles. The summed E-state index contributed by atoms with van der Waals surface area (Å²) in [4.78, 5) is 12.5. The molecule has 22 heavy (non-hydrogen) atoms. The maximum atomic E-state index is 12.5. The Morgan fingerprint density at radius 2 is 1.86 bits per heavy atom. The van der Waals surface area contributed by atoms with E-state index in [0.29, 0.717) is 5.56 Å². The van der Waals surface area contributed by atoms with Crippen LogP contribution in [0.15, 0.2) is 54.6 Å². The van der Waals surface area contributed by atoms with E-state index in [0.717, 1.165) is 28.3 Å². The number of carbonyl (C=O) groups is 1. The number of hydrogen-bond acceptors (Lipinski definition) is 2. The maximum absolute atomic E-state index is 12.5. The number of benzene rings is 2. The molecule has 0 unspecified atom stereocenters. The molecule has 0 saturated heterocycles. The van der Waals surface area contributed by atoms with Crippen LogP contribution >= 0.6 is 11.6 Å². The summed E-state index contributed by atoms with van der Waals surface area (Å²) >= 11 is 6.35. The molecule has 1 aliphatic rings. The first-order chi connectivity index (χ1) is 10.5. The number of carbonyl (C=O) groups excluding carboxylic acids is 1. The number of nitrogens with one attached hydrogen (secondary N) is 1. The molecule has 2 aromatic rings. The average Bonchev–Trinajstić information content (AvgIpc) is 2.48. The molecular weight excluding hydrogens is 294 g/mol. The van der Waals surface area contributed by atoms with Gasteiger partial charge in [0, 0.05) is 33.5 Å². The van der Waals surface area contributed by atoms with Crippen LogP contribution in [0.4, 0.5) is 0 Å². The topological polar surface area (TPSA) is 29.1 Å². The van der Waals surface area contributed by atoms with Gasteiger partial charge in [-0.1, -0.05) is 54.1 Å². The Kier molecular flexibility index (Phi) is 3.79. The minimum Gasteiger partial charge on any atom is -0.379 e. The molecular formula is C19H18ClNO. The number of rotatable bonds is 2. The van der Waals surface area contributed by atoms with Gasteiger partial charge in [-0.05, 0) is 31.9 Å². The van der Waals surface area contributed by atoms with Crippen LogP contribution in [0.2, 0.25) is 5.02 Å².